The number of alkyl halides is 1. The maximum Gasteiger partial charge on any atom is 0.328 e. The smallest absolute Gasteiger partial charge is 0.328 e. The number of hydrogen-bond acceptors (Lipinski definition) is 5. The SMILES string of the molecule is CCOC(=O)[C@H](Cc1cccc(Oc2cccc(-c3ccncc3)c2)c1)NC(=O)CF. The number of ether oxygens (including phenoxy) is 2. The third-order valence-electron chi connectivity index (χ3n) is 4.45. The van der Waals surface area contributed by atoms with Gasteiger partial charge in [0, 0.05) is 18.8 Å². The van der Waals surface area contributed by atoms with E-state index in [1.54, 1.807) is 43.6 Å². The van der Waals surface area contributed by atoms with E-state index in [4.69, 9.17) is 9.47 Å². The fourth-order valence-electron chi connectivity index (χ4n) is 3.06. The van der Waals surface area contributed by atoms with E-state index in [-0.39, 0.29) is 13.0 Å². The topological polar surface area (TPSA) is 77.5 Å². The number of halogens is 1. The first-order valence-corrected chi connectivity index (χ1v) is 9.88. The van der Waals surface area contributed by atoms with Gasteiger partial charge in [0.25, 0.3) is 5.91 Å². The van der Waals surface area contributed by atoms with Crippen molar-refractivity contribution in [2.45, 2.75) is 19.4 Å². The monoisotopic (exact) mass is 422 g/mol. The van der Waals surface area contributed by atoms with E-state index in [2.05, 4.69) is 10.3 Å². The molecule has 0 fully saturated rings. The van der Waals surface area contributed by atoms with Crippen LogP contribution in [-0.2, 0) is 20.7 Å². The van der Waals surface area contributed by atoms with Crippen molar-refractivity contribution in [3.63, 3.8) is 0 Å². The summed E-state index contributed by atoms with van der Waals surface area (Å²) >= 11 is 0. The average Bonchev–Trinajstić information content (AvgIpc) is 2.79. The van der Waals surface area contributed by atoms with Gasteiger partial charge in [0.05, 0.1) is 6.61 Å². The van der Waals surface area contributed by atoms with Crippen molar-refractivity contribution in [2.75, 3.05) is 13.3 Å². The maximum absolute atomic E-state index is 12.6. The second-order valence-corrected chi connectivity index (χ2v) is 6.72. The highest BCUT2D eigenvalue weighted by Gasteiger charge is 2.22. The third kappa shape index (κ3) is 6.37. The van der Waals surface area contributed by atoms with Gasteiger partial charge in [-0.15, -0.1) is 0 Å². The summed E-state index contributed by atoms with van der Waals surface area (Å²) in [5.41, 5.74) is 2.75. The summed E-state index contributed by atoms with van der Waals surface area (Å²) in [5.74, 6) is -0.248. The zero-order chi connectivity index (χ0) is 22.1. The zero-order valence-corrected chi connectivity index (χ0v) is 17.1. The predicted octanol–water partition coefficient (Wildman–Crippen LogP) is 4.10. The molecule has 1 aromatic heterocycles. The number of aromatic nitrogens is 1. The molecule has 1 amide bonds. The maximum atomic E-state index is 12.6. The molecule has 0 radical (unpaired) electrons. The molecule has 6 nitrogen and oxygen atoms in total. The lowest BCUT2D eigenvalue weighted by Gasteiger charge is -2.17. The van der Waals surface area contributed by atoms with E-state index in [0.717, 1.165) is 16.7 Å². The number of pyridine rings is 1. The quantitative estimate of drug-likeness (QED) is 0.526. The number of carbonyl (C=O) groups is 2. The van der Waals surface area contributed by atoms with Gasteiger partial charge < -0.3 is 14.8 Å². The Labute approximate surface area is 180 Å². The number of hydrogen-bond donors (Lipinski definition) is 1. The molecule has 0 saturated heterocycles. The van der Waals surface area contributed by atoms with Gasteiger partial charge >= 0.3 is 5.97 Å². The second kappa shape index (κ2) is 10.9. The number of carbonyl (C=O) groups excluding carboxylic acids is 2. The molecule has 31 heavy (non-hydrogen) atoms. The van der Waals surface area contributed by atoms with Gasteiger partial charge in [0.2, 0.25) is 0 Å². The third-order valence-corrected chi connectivity index (χ3v) is 4.45. The lowest BCUT2D eigenvalue weighted by Crippen LogP contribution is -2.44. The molecule has 3 rings (SSSR count). The van der Waals surface area contributed by atoms with Crippen LogP contribution >= 0.6 is 0 Å². The summed E-state index contributed by atoms with van der Waals surface area (Å²) in [6, 6.07) is 17.7. The van der Waals surface area contributed by atoms with E-state index in [9.17, 15) is 14.0 Å². The van der Waals surface area contributed by atoms with E-state index in [0.29, 0.717) is 11.5 Å². The van der Waals surface area contributed by atoms with Crippen molar-refractivity contribution in [3.05, 3.63) is 78.6 Å². The van der Waals surface area contributed by atoms with Crippen LogP contribution in [0.15, 0.2) is 73.1 Å². The van der Waals surface area contributed by atoms with Crippen LogP contribution in [0.3, 0.4) is 0 Å². The Kier molecular flexibility index (Phi) is 7.70. The van der Waals surface area contributed by atoms with Crippen LogP contribution in [0.1, 0.15) is 12.5 Å². The van der Waals surface area contributed by atoms with E-state index >= 15 is 0 Å². The van der Waals surface area contributed by atoms with Gasteiger partial charge in [-0.2, -0.15) is 0 Å². The molecule has 0 unspecified atom stereocenters. The van der Waals surface area contributed by atoms with E-state index < -0.39 is 24.6 Å². The van der Waals surface area contributed by atoms with E-state index in [1.807, 2.05) is 36.4 Å². The van der Waals surface area contributed by atoms with Crippen molar-refractivity contribution in [1.82, 2.24) is 10.3 Å². The van der Waals surface area contributed by atoms with Gasteiger partial charge in [-0.1, -0.05) is 24.3 Å². The van der Waals surface area contributed by atoms with Crippen LogP contribution in [0.5, 0.6) is 11.5 Å². The lowest BCUT2D eigenvalue weighted by molar-refractivity contribution is -0.147. The lowest BCUT2D eigenvalue weighted by atomic mass is 10.1. The van der Waals surface area contributed by atoms with E-state index in [1.165, 1.54) is 0 Å². The number of esters is 1. The molecule has 0 aliphatic rings. The van der Waals surface area contributed by atoms with Crippen molar-refractivity contribution < 1.29 is 23.5 Å². The summed E-state index contributed by atoms with van der Waals surface area (Å²) in [4.78, 5) is 27.6. The van der Waals surface area contributed by atoms with Crippen molar-refractivity contribution >= 4 is 11.9 Å². The van der Waals surface area contributed by atoms with Gasteiger partial charge in [0.1, 0.15) is 17.5 Å². The Bertz CT molecular complexity index is 1030. The van der Waals surface area contributed by atoms with Gasteiger partial charge in [-0.3, -0.25) is 9.78 Å². The molecule has 0 saturated carbocycles. The first-order chi connectivity index (χ1) is 15.1. The second-order valence-electron chi connectivity index (χ2n) is 6.72. The summed E-state index contributed by atoms with van der Waals surface area (Å²) < 4.78 is 23.6. The minimum Gasteiger partial charge on any atom is -0.464 e. The number of nitrogens with zero attached hydrogens (tertiary/aromatic N) is 1. The highest BCUT2D eigenvalue weighted by Crippen LogP contribution is 2.27. The number of rotatable bonds is 9. The average molecular weight is 422 g/mol. The normalized spacial score (nSPS) is 11.4. The number of nitrogens with one attached hydrogen (secondary N) is 1. The van der Waals surface area contributed by atoms with Gasteiger partial charge in [0.15, 0.2) is 6.67 Å². The molecule has 160 valence electrons. The Morgan fingerprint density at radius 2 is 1.71 bits per heavy atom. The van der Waals surface area contributed by atoms with Crippen LogP contribution in [0.25, 0.3) is 11.1 Å². The standard InChI is InChI=1S/C24H23FN2O4/c1-2-30-24(29)22(27-23(28)16-25)14-17-5-3-7-20(13-17)31-21-8-4-6-19(15-21)18-9-11-26-12-10-18/h3-13,15,22H,2,14,16H2,1H3,(H,27,28)/t22-/m0/s1. The van der Waals surface area contributed by atoms with Gasteiger partial charge in [-0.05, 0) is 60.0 Å². The highest BCUT2D eigenvalue weighted by atomic mass is 19.1. The molecule has 1 atom stereocenters. The molecular formula is C24H23FN2O4. The summed E-state index contributed by atoms with van der Waals surface area (Å²) in [6.07, 6.45) is 3.61. The molecule has 0 aliphatic heterocycles. The first-order valence-electron chi connectivity index (χ1n) is 9.88. The van der Waals surface area contributed by atoms with Crippen LogP contribution in [-0.4, -0.2) is 36.2 Å². The number of benzene rings is 2. The van der Waals surface area contributed by atoms with Crippen LogP contribution < -0.4 is 10.1 Å². The van der Waals surface area contributed by atoms with Crippen molar-refractivity contribution in [1.29, 1.82) is 0 Å². The molecule has 1 N–H and O–H groups in total. The molecule has 2 aromatic carbocycles. The molecule has 7 heteroatoms. The molecule has 1 heterocycles. The summed E-state index contributed by atoms with van der Waals surface area (Å²) in [5, 5.41) is 2.36. The molecule has 0 spiro atoms. The fraction of sp³-hybridized carbons (Fsp3) is 0.208. The largest absolute Gasteiger partial charge is 0.464 e. The zero-order valence-electron chi connectivity index (χ0n) is 17.1. The Morgan fingerprint density at radius 3 is 2.42 bits per heavy atom. The summed E-state index contributed by atoms with van der Waals surface area (Å²) in [6.45, 7) is 0.630. The molecular weight excluding hydrogens is 399 g/mol. The van der Waals surface area contributed by atoms with Crippen LogP contribution in [0.2, 0.25) is 0 Å². The Hall–Kier alpha value is -3.74. The molecule has 0 aliphatic carbocycles. The highest BCUT2D eigenvalue weighted by molar-refractivity contribution is 5.85. The van der Waals surface area contributed by atoms with Crippen LogP contribution in [0, 0.1) is 0 Å². The minimum atomic E-state index is -1.20. The molecule has 3 aromatic rings. The fourth-order valence-corrected chi connectivity index (χ4v) is 3.06. The number of amides is 1. The minimum absolute atomic E-state index is 0.152. The van der Waals surface area contributed by atoms with Crippen molar-refractivity contribution in [3.8, 4) is 22.6 Å². The first kappa shape index (κ1) is 22.0. The summed E-state index contributed by atoms with van der Waals surface area (Å²) in [7, 11) is 0. The molecule has 0 bridgehead atoms. The predicted molar refractivity (Wildman–Crippen MR) is 114 cm³/mol. The van der Waals surface area contributed by atoms with Gasteiger partial charge in [-0.25, -0.2) is 9.18 Å². The Morgan fingerprint density at radius 1 is 1.00 bits per heavy atom. The van der Waals surface area contributed by atoms with Crippen molar-refractivity contribution in [2.24, 2.45) is 0 Å². The Balaban J connectivity index is 1.75. The van der Waals surface area contributed by atoms with Crippen LogP contribution in [0.4, 0.5) is 4.39 Å².